The molecule has 0 radical (unpaired) electrons. The van der Waals surface area contributed by atoms with Crippen molar-refractivity contribution in [2.24, 2.45) is 0 Å². The van der Waals surface area contributed by atoms with Crippen molar-refractivity contribution < 1.29 is 9.47 Å². The largest absolute Gasteiger partial charge is 0.497 e. The Morgan fingerprint density at radius 1 is 1.22 bits per heavy atom. The van der Waals surface area contributed by atoms with Gasteiger partial charge in [-0.3, -0.25) is 4.98 Å². The van der Waals surface area contributed by atoms with Crippen LogP contribution in [0.15, 0.2) is 30.6 Å². The molecule has 3 rings (SSSR count). The number of benzene rings is 1. The molecule has 0 atom stereocenters. The monoisotopic (exact) mass is 244 g/mol. The molecule has 1 aliphatic heterocycles. The summed E-state index contributed by atoms with van der Waals surface area (Å²) in [5, 5.41) is 2.33. The lowest BCUT2D eigenvalue weighted by Crippen LogP contribution is -2.36. The highest BCUT2D eigenvalue weighted by Gasteiger charge is 2.14. The van der Waals surface area contributed by atoms with Crippen molar-refractivity contribution in [3.8, 4) is 5.75 Å². The van der Waals surface area contributed by atoms with E-state index in [0.29, 0.717) is 0 Å². The highest BCUT2D eigenvalue weighted by atomic mass is 16.5. The first kappa shape index (κ1) is 11.3. The van der Waals surface area contributed by atoms with Gasteiger partial charge < -0.3 is 14.4 Å². The van der Waals surface area contributed by atoms with Crippen LogP contribution in [-0.4, -0.2) is 38.4 Å². The van der Waals surface area contributed by atoms with E-state index in [1.54, 1.807) is 7.11 Å². The van der Waals surface area contributed by atoms with E-state index in [1.807, 2.05) is 24.5 Å². The van der Waals surface area contributed by atoms with Crippen molar-refractivity contribution in [1.29, 1.82) is 0 Å². The molecule has 0 spiro atoms. The molecule has 2 heterocycles. The molecular formula is C14H16N2O2. The van der Waals surface area contributed by atoms with Gasteiger partial charge in [-0.15, -0.1) is 0 Å². The van der Waals surface area contributed by atoms with Crippen LogP contribution in [0.1, 0.15) is 0 Å². The van der Waals surface area contributed by atoms with Gasteiger partial charge >= 0.3 is 0 Å². The molecule has 0 amide bonds. The fourth-order valence-corrected chi connectivity index (χ4v) is 2.31. The van der Waals surface area contributed by atoms with Gasteiger partial charge in [0.1, 0.15) is 5.75 Å². The Balaban J connectivity index is 2.09. The molecule has 18 heavy (non-hydrogen) atoms. The van der Waals surface area contributed by atoms with E-state index >= 15 is 0 Å². The molecule has 1 aromatic carbocycles. The lowest BCUT2D eigenvalue weighted by molar-refractivity contribution is 0.123. The van der Waals surface area contributed by atoms with Gasteiger partial charge in [0, 0.05) is 30.1 Å². The fraction of sp³-hybridized carbons (Fsp3) is 0.357. The summed E-state index contributed by atoms with van der Waals surface area (Å²) in [6, 6.07) is 6.08. The van der Waals surface area contributed by atoms with Crippen molar-refractivity contribution in [2.45, 2.75) is 0 Å². The molecule has 0 N–H and O–H groups in total. The van der Waals surface area contributed by atoms with Gasteiger partial charge in [0.15, 0.2) is 0 Å². The number of methoxy groups -OCH3 is 1. The van der Waals surface area contributed by atoms with Crippen LogP contribution in [0.25, 0.3) is 10.8 Å². The molecular weight excluding hydrogens is 228 g/mol. The van der Waals surface area contributed by atoms with Crippen LogP contribution in [-0.2, 0) is 4.74 Å². The highest BCUT2D eigenvalue weighted by molar-refractivity contribution is 5.94. The fourth-order valence-electron chi connectivity index (χ4n) is 2.31. The van der Waals surface area contributed by atoms with Gasteiger partial charge in [-0.2, -0.15) is 0 Å². The first-order valence-corrected chi connectivity index (χ1v) is 6.13. The number of morpholine rings is 1. The molecule has 4 nitrogen and oxygen atoms in total. The maximum atomic E-state index is 5.39. The van der Waals surface area contributed by atoms with Crippen molar-refractivity contribution in [1.82, 2.24) is 4.98 Å². The Kier molecular flexibility index (Phi) is 3.02. The zero-order chi connectivity index (χ0) is 12.4. The van der Waals surface area contributed by atoms with Crippen LogP contribution in [0.5, 0.6) is 5.75 Å². The van der Waals surface area contributed by atoms with E-state index in [1.165, 1.54) is 5.39 Å². The summed E-state index contributed by atoms with van der Waals surface area (Å²) in [4.78, 5) is 6.64. The quantitative estimate of drug-likeness (QED) is 0.810. The van der Waals surface area contributed by atoms with Crippen molar-refractivity contribution in [3.63, 3.8) is 0 Å². The third-order valence-electron chi connectivity index (χ3n) is 3.30. The van der Waals surface area contributed by atoms with E-state index in [-0.39, 0.29) is 0 Å². The number of rotatable bonds is 2. The molecule has 2 aromatic rings. The van der Waals surface area contributed by atoms with Gasteiger partial charge in [-0.1, -0.05) is 0 Å². The van der Waals surface area contributed by atoms with E-state index in [0.717, 1.165) is 43.1 Å². The van der Waals surface area contributed by atoms with E-state index < -0.39 is 0 Å². The number of nitrogens with zero attached hydrogens (tertiary/aromatic N) is 2. The Bertz CT molecular complexity index is 550. The van der Waals surface area contributed by atoms with Crippen LogP contribution >= 0.6 is 0 Å². The number of hydrogen-bond donors (Lipinski definition) is 0. The number of ether oxygens (including phenoxy) is 2. The van der Waals surface area contributed by atoms with Crippen LogP contribution < -0.4 is 9.64 Å². The second-order valence-electron chi connectivity index (χ2n) is 4.35. The number of aromatic nitrogens is 1. The molecule has 0 unspecified atom stereocenters. The zero-order valence-electron chi connectivity index (χ0n) is 10.4. The summed E-state index contributed by atoms with van der Waals surface area (Å²) >= 11 is 0. The van der Waals surface area contributed by atoms with Crippen LogP contribution in [0.4, 0.5) is 5.69 Å². The normalized spacial score (nSPS) is 15.9. The average Bonchev–Trinajstić information content (AvgIpc) is 2.47. The summed E-state index contributed by atoms with van der Waals surface area (Å²) in [6.07, 6.45) is 3.81. The molecule has 1 saturated heterocycles. The molecule has 0 saturated carbocycles. The summed E-state index contributed by atoms with van der Waals surface area (Å²) in [5.74, 6) is 0.878. The first-order valence-electron chi connectivity index (χ1n) is 6.13. The Labute approximate surface area is 106 Å². The second kappa shape index (κ2) is 4.82. The number of pyridine rings is 1. The van der Waals surface area contributed by atoms with Crippen molar-refractivity contribution in [3.05, 3.63) is 30.6 Å². The maximum absolute atomic E-state index is 5.39. The summed E-state index contributed by atoms with van der Waals surface area (Å²) in [7, 11) is 1.69. The van der Waals surface area contributed by atoms with Crippen molar-refractivity contribution in [2.75, 3.05) is 38.3 Å². The van der Waals surface area contributed by atoms with Gasteiger partial charge in [-0.25, -0.2) is 0 Å². The lowest BCUT2D eigenvalue weighted by Gasteiger charge is -2.29. The zero-order valence-corrected chi connectivity index (χ0v) is 10.4. The topological polar surface area (TPSA) is 34.6 Å². The molecule has 1 fully saturated rings. The summed E-state index contributed by atoms with van der Waals surface area (Å²) < 4.78 is 10.7. The van der Waals surface area contributed by atoms with E-state index in [4.69, 9.17) is 9.47 Å². The Hall–Kier alpha value is -1.81. The summed E-state index contributed by atoms with van der Waals surface area (Å²) in [5.41, 5.74) is 1.16. The van der Waals surface area contributed by atoms with Gasteiger partial charge in [0.25, 0.3) is 0 Å². The van der Waals surface area contributed by atoms with E-state index in [2.05, 4.69) is 16.0 Å². The predicted molar refractivity (Wildman–Crippen MR) is 71.3 cm³/mol. The minimum absolute atomic E-state index is 0.778. The van der Waals surface area contributed by atoms with Crippen LogP contribution in [0.2, 0.25) is 0 Å². The predicted octanol–water partition coefficient (Wildman–Crippen LogP) is 2.08. The molecule has 0 aliphatic carbocycles. The second-order valence-corrected chi connectivity index (χ2v) is 4.35. The molecule has 1 aliphatic rings. The highest BCUT2D eigenvalue weighted by Crippen LogP contribution is 2.29. The molecule has 94 valence electrons. The molecule has 4 heteroatoms. The third-order valence-corrected chi connectivity index (χ3v) is 3.30. The number of hydrogen-bond acceptors (Lipinski definition) is 4. The van der Waals surface area contributed by atoms with Gasteiger partial charge in [-0.05, 0) is 18.2 Å². The minimum Gasteiger partial charge on any atom is -0.497 e. The Morgan fingerprint density at radius 3 is 2.83 bits per heavy atom. The third kappa shape index (κ3) is 1.99. The molecule has 0 bridgehead atoms. The number of fused-ring (bicyclic) bond motifs is 1. The number of anilines is 1. The van der Waals surface area contributed by atoms with Crippen LogP contribution in [0, 0.1) is 0 Å². The van der Waals surface area contributed by atoms with Crippen molar-refractivity contribution >= 4 is 16.5 Å². The first-order chi connectivity index (χ1) is 8.88. The van der Waals surface area contributed by atoms with Gasteiger partial charge in [0.2, 0.25) is 0 Å². The Morgan fingerprint density at radius 2 is 2.06 bits per heavy atom. The molecule has 1 aromatic heterocycles. The van der Waals surface area contributed by atoms with E-state index in [9.17, 15) is 0 Å². The smallest absolute Gasteiger partial charge is 0.119 e. The van der Waals surface area contributed by atoms with Gasteiger partial charge in [0.05, 0.1) is 32.2 Å². The standard InChI is InChI=1S/C14H16N2O2/c1-17-12-3-2-11-9-15-10-14(13(11)8-12)16-4-6-18-7-5-16/h2-3,8-10H,4-7H2,1H3. The maximum Gasteiger partial charge on any atom is 0.119 e. The lowest BCUT2D eigenvalue weighted by atomic mass is 10.1. The minimum atomic E-state index is 0.778. The average molecular weight is 244 g/mol. The SMILES string of the molecule is COc1ccc2cncc(N3CCOCC3)c2c1. The summed E-state index contributed by atoms with van der Waals surface area (Å²) in [6.45, 7) is 3.39. The van der Waals surface area contributed by atoms with Crippen LogP contribution in [0.3, 0.4) is 0 Å².